The lowest BCUT2D eigenvalue weighted by Gasteiger charge is -2.39. The molecule has 3 aromatic carbocycles. The largest absolute Gasteiger partial charge is 0.496 e. The molecule has 4 rings (SSSR count). The summed E-state index contributed by atoms with van der Waals surface area (Å²) >= 11 is 0. The van der Waals surface area contributed by atoms with Crippen molar-refractivity contribution in [2.45, 2.75) is 30.0 Å². The Morgan fingerprint density at radius 3 is 1.63 bits per heavy atom. The number of ether oxygens (including phenoxy) is 1. The van der Waals surface area contributed by atoms with Gasteiger partial charge in [0.05, 0.1) is 7.11 Å². The van der Waals surface area contributed by atoms with Gasteiger partial charge in [-0.3, -0.25) is 0 Å². The second-order valence-electron chi connectivity index (χ2n) is 7.30. The third kappa shape index (κ3) is 2.84. The third-order valence-electron chi connectivity index (χ3n) is 5.85. The van der Waals surface area contributed by atoms with Gasteiger partial charge in [-0.25, -0.2) is 0 Å². The van der Waals surface area contributed by atoms with Gasteiger partial charge >= 0.3 is 0 Å². The molecule has 3 aromatic rings. The molecular formula is C24H24O3. The average Bonchev–Trinajstić information content (AvgIpc) is 3.02. The standard InChI is InChI=1S/C24H24O3/c1-27-22-15-9-8-14-21(22)18-16-23(25,19-10-4-2-5-11-19)24(26,17-18)20-12-6-3-7-13-20/h2-15,18,25-26H,16-17H2,1H3/t18?,23-,24+. The number of aliphatic hydroxyl groups is 2. The predicted octanol–water partition coefficient (Wildman–Crippen LogP) is 4.35. The smallest absolute Gasteiger partial charge is 0.123 e. The van der Waals surface area contributed by atoms with Gasteiger partial charge in [-0.15, -0.1) is 0 Å². The topological polar surface area (TPSA) is 49.7 Å². The number of benzene rings is 3. The van der Waals surface area contributed by atoms with Crippen molar-refractivity contribution >= 4 is 0 Å². The van der Waals surface area contributed by atoms with E-state index in [1.165, 1.54) is 0 Å². The minimum atomic E-state index is -1.39. The molecular weight excluding hydrogens is 336 g/mol. The van der Waals surface area contributed by atoms with Gasteiger partial charge in [-0.1, -0.05) is 78.9 Å². The molecule has 3 nitrogen and oxygen atoms in total. The zero-order valence-corrected chi connectivity index (χ0v) is 15.4. The second-order valence-corrected chi connectivity index (χ2v) is 7.30. The molecule has 27 heavy (non-hydrogen) atoms. The summed E-state index contributed by atoms with van der Waals surface area (Å²) in [6.07, 6.45) is 0.839. The van der Waals surface area contributed by atoms with Gasteiger partial charge in [0.2, 0.25) is 0 Å². The van der Waals surface area contributed by atoms with E-state index in [4.69, 9.17) is 4.74 Å². The van der Waals surface area contributed by atoms with E-state index in [2.05, 4.69) is 0 Å². The van der Waals surface area contributed by atoms with Crippen LogP contribution in [0.15, 0.2) is 84.9 Å². The van der Waals surface area contributed by atoms with Gasteiger partial charge in [-0.05, 0) is 41.5 Å². The van der Waals surface area contributed by atoms with E-state index in [9.17, 15) is 10.2 Å². The summed E-state index contributed by atoms with van der Waals surface area (Å²) in [6.45, 7) is 0. The Labute approximate surface area is 159 Å². The monoisotopic (exact) mass is 360 g/mol. The number of methoxy groups -OCH3 is 1. The van der Waals surface area contributed by atoms with E-state index in [-0.39, 0.29) is 5.92 Å². The van der Waals surface area contributed by atoms with Crippen molar-refractivity contribution in [2.24, 2.45) is 0 Å². The van der Waals surface area contributed by atoms with Gasteiger partial charge in [0.25, 0.3) is 0 Å². The van der Waals surface area contributed by atoms with Crippen LogP contribution in [-0.4, -0.2) is 17.3 Å². The van der Waals surface area contributed by atoms with Crippen LogP contribution >= 0.6 is 0 Å². The van der Waals surface area contributed by atoms with E-state index in [0.29, 0.717) is 12.8 Å². The lowest BCUT2D eigenvalue weighted by atomic mass is 9.76. The molecule has 0 spiro atoms. The molecule has 0 amide bonds. The normalized spacial score (nSPS) is 27.4. The molecule has 0 aliphatic heterocycles. The first-order chi connectivity index (χ1) is 13.1. The van der Waals surface area contributed by atoms with Gasteiger partial charge in [0.1, 0.15) is 17.0 Å². The SMILES string of the molecule is COc1ccccc1C1C[C@@](O)(c2ccccc2)[C@@](O)(c2ccccc2)C1. The Bertz CT molecular complexity index is 856. The molecule has 0 aromatic heterocycles. The Hall–Kier alpha value is -2.62. The van der Waals surface area contributed by atoms with Crippen LogP contribution in [0.5, 0.6) is 5.75 Å². The highest BCUT2D eigenvalue weighted by molar-refractivity contribution is 5.43. The van der Waals surface area contributed by atoms with E-state index >= 15 is 0 Å². The second kappa shape index (κ2) is 6.84. The predicted molar refractivity (Wildman–Crippen MR) is 106 cm³/mol. The molecule has 0 radical (unpaired) electrons. The fourth-order valence-corrected chi connectivity index (χ4v) is 4.49. The van der Waals surface area contributed by atoms with Gasteiger partial charge < -0.3 is 14.9 Å². The summed E-state index contributed by atoms with van der Waals surface area (Å²) in [5.74, 6) is 0.756. The quantitative estimate of drug-likeness (QED) is 0.727. The Kier molecular flexibility index (Phi) is 4.50. The Morgan fingerprint density at radius 1 is 0.704 bits per heavy atom. The van der Waals surface area contributed by atoms with Crippen molar-refractivity contribution in [1.29, 1.82) is 0 Å². The van der Waals surface area contributed by atoms with E-state index in [1.807, 2.05) is 84.9 Å². The lowest BCUT2D eigenvalue weighted by molar-refractivity contribution is -0.143. The maximum Gasteiger partial charge on any atom is 0.123 e. The Morgan fingerprint density at radius 2 is 1.15 bits per heavy atom. The van der Waals surface area contributed by atoms with Crippen molar-refractivity contribution < 1.29 is 14.9 Å². The van der Waals surface area contributed by atoms with Crippen molar-refractivity contribution in [3.63, 3.8) is 0 Å². The maximum atomic E-state index is 11.8. The van der Waals surface area contributed by atoms with Crippen LogP contribution in [-0.2, 0) is 11.2 Å². The van der Waals surface area contributed by atoms with Crippen LogP contribution in [0.25, 0.3) is 0 Å². The maximum absolute atomic E-state index is 11.8. The molecule has 2 N–H and O–H groups in total. The number of rotatable bonds is 4. The minimum Gasteiger partial charge on any atom is -0.496 e. The van der Waals surface area contributed by atoms with Crippen molar-refractivity contribution in [3.8, 4) is 5.75 Å². The molecule has 1 fully saturated rings. The lowest BCUT2D eigenvalue weighted by Crippen LogP contribution is -2.45. The highest BCUT2D eigenvalue weighted by Crippen LogP contribution is 2.58. The van der Waals surface area contributed by atoms with E-state index in [1.54, 1.807) is 7.11 Å². The minimum absolute atomic E-state index is 0.0310. The zero-order valence-electron chi connectivity index (χ0n) is 15.4. The summed E-state index contributed by atoms with van der Waals surface area (Å²) in [5, 5.41) is 23.7. The van der Waals surface area contributed by atoms with Crippen LogP contribution in [0, 0.1) is 0 Å². The van der Waals surface area contributed by atoms with Crippen LogP contribution in [0.3, 0.4) is 0 Å². The number of hydrogen-bond acceptors (Lipinski definition) is 3. The summed E-state index contributed by atoms with van der Waals surface area (Å²) in [6, 6.07) is 26.8. The first-order valence-electron chi connectivity index (χ1n) is 9.27. The number of para-hydroxylation sites is 1. The average molecular weight is 360 g/mol. The van der Waals surface area contributed by atoms with Crippen molar-refractivity contribution in [1.82, 2.24) is 0 Å². The molecule has 1 unspecified atom stereocenters. The van der Waals surface area contributed by atoms with Crippen LogP contribution in [0.4, 0.5) is 0 Å². The Balaban J connectivity index is 1.85. The first-order valence-corrected chi connectivity index (χ1v) is 9.27. The fourth-order valence-electron chi connectivity index (χ4n) is 4.49. The molecule has 1 aliphatic carbocycles. The number of hydrogen-bond donors (Lipinski definition) is 2. The summed E-state index contributed by atoms with van der Waals surface area (Å²) in [7, 11) is 1.65. The highest BCUT2D eigenvalue weighted by atomic mass is 16.5. The molecule has 3 heteroatoms. The molecule has 138 valence electrons. The fraction of sp³-hybridized carbons (Fsp3) is 0.250. The third-order valence-corrected chi connectivity index (χ3v) is 5.85. The molecule has 0 saturated heterocycles. The molecule has 3 atom stereocenters. The molecule has 1 saturated carbocycles. The summed E-state index contributed by atoms with van der Waals surface area (Å²) in [5.41, 5.74) is -0.300. The first kappa shape index (κ1) is 17.8. The van der Waals surface area contributed by atoms with Crippen LogP contribution in [0.1, 0.15) is 35.4 Å². The van der Waals surface area contributed by atoms with Crippen LogP contribution in [0.2, 0.25) is 0 Å². The van der Waals surface area contributed by atoms with E-state index in [0.717, 1.165) is 22.4 Å². The van der Waals surface area contributed by atoms with Gasteiger partial charge in [0.15, 0.2) is 0 Å². The van der Waals surface area contributed by atoms with Crippen molar-refractivity contribution in [2.75, 3.05) is 7.11 Å². The van der Waals surface area contributed by atoms with Gasteiger partial charge in [-0.2, -0.15) is 0 Å². The van der Waals surface area contributed by atoms with Gasteiger partial charge in [0, 0.05) is 0 Å². The summed E-state index contributed by atoms with van der Waals surface area (Å²) < 4.78 is 5.54. The molecule has 0 bridgehead atoms. The van der Waals surface area contributed by atoms with E-state index < -0.39 is 11.2 Å². The van der Waals surface area contributed by atoms with Crippen molar-refractivity contribution in [3.05, 3.63) is 102 Å². The summed E-state index contributed by atoms with van der Waals surface area (Å²) in [4.78, 5) is 0. The highest BCUT2D eigenvalue weighted by Gasteiger charge is 2.59. The molecule has 1 aliphatic rings. The zero-order chi connectivity index (χ0) is 18.9. The molecule has 0 heterocycles. The van der Waals surface area contributed by atoms with Crippen LogP contribution < -0.4 is 4.74 Å².